The van der Waals surface area contributed by atoms with Crippen molar-refractivity contribution in [2.75, 3.05) is 13.1 Å². The first-order chi connectivity index (χ1) is 9.31. The topological polar surface area (TPSA) is 63.4 Å². The number of primary amides is 1. The van der Waals surface area contributed by atoms with Crippen molar-refractivity contribution < 1.29 is 18.4 Å². The molecule has 1 heterocycles. The van der Waals surface area contributed by atoms with E-state index in [9.17, 15) is 18.4 Å². The third-order valence-electron chi connectivity index (χ3n) is 3.51. The molecular formula is C13H13ClF2N2O2. The first kappa shape index (κ1) is 14.7. The summed E-state index contributed by atoms with van der Waals surface area (Å²) in [6.45, 7) is 2.16. The van der Waals surface area contributed by atoms with Crippen molar-refractivity contribution >= 4 is 23.4 Å². The zero-order valence-electron chi connectivity index (χ0n) is 10.7. The Kier molecular flexibility index (Phi) is 3.94. The SMILES string of the molecule is C[C@@H]1CN(C(=O)c2cc(F)c(Cl)cc2F)C[C@H]1C(N)=O. The van der Waals surface area contributed by atoms with E-state index in [-0.39, 0.29) is 24.0 Å². The Bertz CT molecular complexity index is 580. The molecule has 108 valence electrons. The van der Waals surface area contributed by atoms with Crippen molar-refractivity contribution in [2.45, 2.75) is 6.92 Å². The molecule has 1 aromatic rings. The van der Waals surface area contributed by atoms with E-state index in [4.69, 9.17) is 17.3 Å². The van der Waals surface area contributed by atoms with Gasteiger partial charge in [0.05, 0.1) is 16.5 Å². The van der Waals surface area contributed by atoms with Gasteiger partial charge in [0, 0.05) is 13.1 Å². The zero-order valence-corrected chi connectivity index (χ0v) is 11.5. The van der Waals surface area contributed by atoms with Crippen LogP contribution in [0.3, 0.4) is 0 Å². The van der Waals surface area contributed by atoms with Crippen LogP contribution in [0.15, 0.2) is 12.1 Å². The smallest absolute Gasteiger partial charge is 0.256 e. The van der Waals surface area contributed by atoms with Crippen LogP contribution in [0.1, 0.15) is 17.3 Å². The van der Waals surface area contributed by atoms with Gasteiger partial charge in [0.15, 0.2) is 0 Å². The van der Waals surface area contributed by atoms with Gasteiger partial charge in [-0.15, -0.1) is 0 Å². The minimum absolute atomic E-state index is 0.110. The third kappa shape index (κ3) is 2.60. The van der Waals surface area contributed by atoms with Crippen LogP contribution < -0.4 is 5.73 Å². The molecule has 0 unspecified atom stereocenters. The Morgan fingerprint density at radius 3 is 2.50 bits per heavy atom. The van der Waals surface area contributed by atoms with E-state index in [1.807, 2.05) is 0 Å². The van der Waals surface area contributed by atoms with Gasteiger partial charge in [-0.1, -0.05) is 18.5 Å². The van der Waals surface area contributed by atoms with Crippen LogP contribution in [0, 0.1) is 23.5 Å². The molecule has 7 heteroatoms. The van der Waals surface area contributed by atoms with Crippen molar-refractivity contribution in [2.24, 2.45) is 17.6 Å². The summed E-state index contributed by atoms with van der Waals surface area (Å²) >= 11 is 5.44. The summed E-state index contributed by atoms with van der Waals surface area (Å²) in [5.74, 6) is -3.52. The maximum absolute atomic E-state index is 13.7. The van der Waals surface area contributed by atoms with Crippen LogP contribution in [-0.4, -0.2) is 29.8 Å². The lowest BCUT2D eigenvalue weighted by Crippen LogP contribution is -2.32. The highest BCUT2D eigenvalue weighted by Crippen LogP contribution is 2.26. The van der Waals surface area contributed by atoms with E-state index >= 15 is 0 Å². The molecule has 1 aliphatic heterocycles. The van der Waals surface area contributed by atoms with E-state index in [0.717, 1.165) is 12.1 Å². The Morgan fingerprint density at radius 2 is 1.95 bits per heavy atom. The highest BCUT2D eigenvalue weighted by Gasteiger charge is 2.36. The zero-order chi connectivity index (χ0) is 15.0. The quantitative estimate of drug-likeness (QED) is 0.847. The van der Waals surface area contributed by atoms with Gasteiger partial charge in [-0.2, -0.15) is 0 Å². The van der Waals surface area contributed by atoms with Gasteiger partial charge in [-0.05, 0) is 18.1 Å². The summed E-state index contributed by atoms with van der Waals surface area (Å²) in [6, 6.07) is 1.53. The Hall–Kier alpha value is -1.69. The molecule has 4 nitrogen and oxygen atoms in total. The molecule has 0 aliphatic carbocycles. The molecule has 0 radical (unpaired) electrons. The largest absolute Gasteiger partial charge is 0.369 e. The Balaban J connectivity index is 2.25. The number of likely N-dealkylation sites (tertiary alicyclic amines) is 1. The van der Waals surface area contributed by atoms with Gasteiger partial charge in [0.25, 0.3) is 5.91 Å². The maximum Gasteiger partial charge on any atom is 0.256 e. The molecule has 2 amide bonds. The number of hydrogen-bond donors (Lipinski definition) is 1. The lowest BCUT2D eigenvalue weighted by Gasteiger charge is -2.16. The molecule has 2 atom stereocenters. The second-order valence-electron chi connectivity index (χ2n) is 4.94. The first-order valence-corrected chi connectivity index (χ1v) is 6.42. The average molecular weight is 303 g/mol. The van der Waals surface area contributed by atoms with Gasteiger partial charge < -0.3 is 10.6 Å². The lowest BCUT2D eigenvalue weighted by atomic mass is 9.98. The van der Waals surface area contributed by atoms with Gasteiger partial charge in [-0.25, -0.2) is 8.78 Å². The Labute approximate surface area is 119 Å². The predicted molar refractivity (Wildman–Crippen MR) is 69.1 cm³/mol. The van der Waals surface area contributed by atoms with Crippen LogP contribution in [0.5, 0.6) is 0 Å². The second-order valence-corrected chi connectivity index (χ2v) is 5.35. The second kappa shape index (κ2) is 5.36. The fourth-order valence-electron chi connectivity index (χ4n) is 2.36. The highest BCUT2D eigenvalue weighted by molar-refractivity contribution is 6.30. The molecule has 0 saturated carbocycles. The normalized spacial score (nSPS) is 22.1. The minimum Gasteiger partial charge on any atom is -0.369 e. The number of carbonyl (C=O) groups excluding carboxylic acids is 2. The van der Waals surface area contributed by atoms with Gasteiger partial charge >= 0.3 is 0 Å². The van der Waals surface area contributed by atoms with Crippen molar-refractivity contribution in [3.8, 4) is 0 Å². The number of nitrogens with two attached hydrogens (primary N) is 1. The van der Waals surface area contributed by atoms with Gasteiger partial charge in [-0.3, -0.25) is 9.59 Å². The Morgan fingerprint density at radius 1 is 1.30 bits per heavy atom. The van der Waals surface area contributed by atoms with E-state index in [2.05, 4.69) is 0 Å². The molecule has 20 heavy (non-hydrogen) atoms. The monoisotopic (exact) mass is 302 g/mol. The van der Waals surface area contributed by atoms with E-state index in [1.165, 1.54) is 4.90 Å². The first-order valence-electron chi connectivity index (χ1n) is 6.04. The number of benzene rings is 1. The molecule has 2 rings (SSSR count). The summed E-state index contributed by atoms with van der Waals surface area (Å²) in [6.07, 6.45) is 0. The third-order valence-corrected chi connectivity index (χ3v) is 3.80. The fraction of sp³-hybridized carbons (Fsp3) is 0.385. The summed E-state index contributed by atoms with van der Waals surface area (Å²) in [5.41, 5.74) is 4.84. The van der Waals surface area contributed by atoms with Crippen molar-refractivity contribution in [1.29, 1.82) is 0 Å². The summed E-state index contributed by atoms with van der Waals surface area (Å²) in [7, 11) is 0. The average Bonchev–Trinajstić information content (AvgIpc) is 2.75. The van der Waals surface area contributed by atoms with Crippen LogP contribution in [0.2, 0.25) is 5.02 Å². The molecule has 1 fully saturated rings. The highest BCUT2D eigenvalue weighted by atomic mass is 35.5. The van der Waals surface area contributed by atoms with E-state index < -0.39 is 34.9 Å². The van der Waals surface area contributed by atoms with Gasteiger partial charge in [0.1, 0.15) is 11.6 Å². The number of carbonyl (C=O) groups is 2. The maximum atomic E-state index is 13.7. The number of halogens is 3. The van der Waals surface area contributed by atoms with Crippen molar-refractivity contribution in [1.82, 2.24) is 4.90 Å². The van der Waals surface area contributed by atoms with E-state index in [0.29, 0.717) is 0 Å². The molecule has 0 spiro atoms. The number of hydrogen-bond acceptors (Lipinski definition) is 2. The molecule has 0 aromatic heterocycles. The van der Waals surface area contributed by atoms with E-state index in [1.54, 1.807) is 6.92 Å². The predicted octanol–water partition coefficient (Wildman–Crippen LogP) is 1.81. The van der Waals surface area contributed by atoms with Crippen LogP contribution >= 0.6 is 11.6 Å². The molecule has 1 aliphatic rings. The minimum atomic E-state index is -0.892. The summed E-state index contributed by atoms with van der Waals surface area (Å²) < 4.78 is 27.0. The van der Waals surface area contributed by atoms with Crippen LogP contribution in [0.4, 0.5) is 8.78 Å². The van der Waals surface area contributed by atoms with Crippen LogP contribution in [0.25, 0.3) is 0 Å². The molecule has 1 saturated heterocycles. The fourth-order valence-corrected chi connectivity index (χ4v) is 2.51. The molecular weight excluding hydrogens is 290 g/mol. The number of amides is 2. The van der Waals surface area contributed by atoms with Crippen molar-refractivity contribution in [3.05, 3.63) is 34.4 Å². The number of rotatable bonds is 2. The lowest BCUT2D eigenvalue weighted by molar-refractivity contribution is -0.122. The van der Waals surface area contributed by atoms with Crippen LogP contribution in [-0.2, 0) is 4.79 Å². The molecule has 1 aromatic carbocycles. The van der Waals surface area contributed by atoms with Gasteiger partial charge in [0.2, 0.25) is 5.91 Å². The standard InChI is InChI=1S/C13H13ClF2N2O2/c1-6-4-18(5-8(6)12(17)19)13(20)7-2-11(16)9(14)3-10(7)15/h2-3,6,8H,4-5H2,1H3,(H2,17,19)/t6-,8-/m1/s1. The van der Waals surface area contributed by atoms with Crippen molar-refractivity contribution in [3.63, 3.8) is 0 Å². The number of nitrogens with zero attached hydrogens (tertiary/aromatic N) is 1. The molecule has 2 N–H and O–H groups in total. The molecule has 0 bridgehead atoms. The summed E-state index contributed by atoms with van der Waals surface area (Å²) in [5, 5.41) is -0.385. The summed E-state index contributed by atoms with van der Waals surface area (Å²) in [4.78, 5) is 24.7.